The van der Waals surface area contributed by atoms with Crippen molar-refractivity contribution in [3.63, 3.8) is 0 Å². The molecule has 19 heavy (non-hydrogen) atoms. The van der Waals surface area contributed by atoms with Gasteiger partial charge in [0.05, 0.1) is 19.3 Å². The lowest BCUT2D eigenvalue weighted by Gasteiger charge is -2.31. The number of hydrogen-bond acceptors (Lipinski definition) is 4. The smallest absolute Gasteiger partial charge is 0.275 e. The molecule has 3 rings (SSSR count). The molecule has 1 saturated heterocycles. The van der Waals surface area contributed by atoms with Crippen molar-refractivity contribution in [3.8, 4) is 0 Å². The minimum absolute atomic E-state index is 0.0671. The Balaban J connectivity index is 1.81. The number of aliphatic hydroxyl groups is 1. The van der Waals surface area contributed by atoms with Crippen molar-refractivity contribution in [1.29, 1.82) is 0 Å². The molecule has 2 N–H and O–H groups in total. The number of aryl methyl sites for hydroxylation is 1. The summed E-state index contributed by atoms with van der Waals surface area (Å²) in [6, 6.07) is 0. The number of fused-ring (bicyclic) bond motifs is 1. The number of aromatic amines is 1. The maximum atomic E-state index is 12.5. The molecule has 1 aromatic rings. The number of amides is 1. The predicted octanol–water partition coefficient (Wildman–Crippen LogP) is 0.202. The van der Waals surface area contributed by atoms with E-state index in [1.54, 1.807) is 4.90 Å². The molecule has 1 atom stereocenters. The molecule has 1 amide bonds. The van der Waals surface area contributed by atoms with Crippen LogP contribution < -0.4 is 0 Å². The number of nitrogens with one attached hydrogen (secondary N) is 1. The average Bonchev–Trinajstić information content (AvgIpc) is 2.90. The highest BCUT2D eigenvalue weighted by molar-refractivity contribution is 5.96. The third-order valence-corrected chi connectivity index (χ3v) is 3.56. The van der Waals surface area contributed by atoms with E-state index in [1.807, 2.05) is 6.08 Å². The molecule has 0 saturated carbocycles. The monoisotopic (exact) mass is 263 g/mol. The Hall–Kier alpha value is -1.66. The highest BCUT2D eigenvalue weighted by Gasteiger charge is 2.28. The van der Waals surface area contributed by atoms with Gasteiger partial charge in [0, 0.05) is 24.3 Å². The fourth-order valence-corrected chi connectivity index (χ4v) is 2.51. The van der Waals surface area contributed by atoms with Gasteiger partial charge in [0.25, 0.3) is 5.91 Å². The van der Waals surface area contributed by atoms with Gasteiger partial charge in [-0.3, -0.25) is 9.89 Å². The third-order valence-electron chi connectivity index (χ3n) is 3.56. The molecule has 2 heterocycles. The van der Waals surface area contributed by atoms with E-state index in [9.17, 15) is 4.79 Å². The molecular weight excluding hydrogens is 246 g/mol. The molecule has 1 fully saturated rings. The van der Waals surface area contributed by atoms with Crippen LogP contribution in [0.4, 0.5) is 0 Å². The molecular formula is C13H17N3O3. The molecule has 1 aliphatic heterocycles. The summed E-state index contributed by atoms with van der Waals surface area (Å²) in [5, 5.41) is 16.2. The van der Waals surface area contributed by atoms with Crippen molar-refractivity contribution in [3.05, 3.63) is 23.0 Å². The average molecular weight is 263 g/mol. The van der Waals surface area contributed by atoms with E-state index < -0.39 is 0 Å². The Morgan fingerprint density at radius 1 is 1.63 bits per heavy atom. The number of aromatic nitrogens is 2. The zero-order valence-electron chi connectivity index (χ0n) is 10.6. The van der Waals surface area contributed by atoms with Gasteiger partial charge in [0.2, 0.25) is 0 Å². The summed E-state index contributed by atoms with van der Waals surface area (Å²) in [7, 11) is 0. The molecule has 6 nitrogen and oxygen atoms in total. The van der Waals surface area contributed by atoms with Crippen LogP contribution in [0.2, 0.25) is 0 Å². The minimum Gasteiger partial charge on any atom is -0.394 e. The topological polar surface area (TPSA) is 78.5 Å². The predicted molar refractivity (Wildman–Crippen MR) is 68.7 cm³/mol. The van der Waals surface area contributed by atoms with Gasteiger partial charge < -0.3 is 14.7 Å². The first-order valence-electron chi connectivity index (χ1n) is 6.55. The van der Waals surface area contributed by atoms with E-state index >= 15 is 0 Å². The van der Waals surface area contributed by atoms with E-state index in [1.165, 1.54) is 0 Å². The van der Waals surface area contributed by atoms with Crippen molar-refractivity contribution in [1.82, 2.24) is 15.1 Å². The van der Waals surface area contributed by atoms with E-state index in [2.05, 4.69) is 16.3 Å². The number of ether oxygens (including phenoxy) is 1. The van der Waals surface area contributed by atoms with Crippen LogP contribution in [0.15, 0.2) is 6.08 Å². The molecule has 1 aliphatic carbocycles. The van der Waals surface area contributed by atoms with Gasteiger partial charge in [0.15, 0.2) is 5.69 Å². The third kappa shape index (κ3) is 2.29. The number of H-pyrrole nitrogens is 1. The van der Waals surface area contributed by atoms with Crippen molar-refractivity contribution < 1.29 is 14.6 Å². The van der Waals surface area contributed by atoms with Crippen LogP contribution >= 0.6 is 0 Å². The summed E-state index contributed by atoms with van der Waals surface area (Å²) in [5.41, 5.74) is 2.41. The first-order chi connectivity index (χ1) is 9.29. The minimum atomic E-state index is -0.289. The zero-order chi connectivity index (χ0) is 13.2. The number of aliphatic hydroxyl groups excluding tert-OH is 1. The van der Waals surface area contributed by atoms with Gasteiger partial charge in [-0.15, -0.1) is 0 Å². The molecule has 0 unspecified atom stereocenters. The first-order valence-corrected chi connectivity index (χ1v) is 6.55. The Labute approximate surface area is 111 Å². The molecule has 2 aliphatic rings. The summed E-state index contributed by atoms with van der Waals surface area (Å²) < 4.78 is 5.35. The van der Waals surface area contributed by atoms with Crippen LogP contribution in [0.3, 0.4) is 0 Å². The van der Waals surface area contributed by atoms with Crippen LogP contribution in [0, 0.1) is 0 Å². The van der Waals surface area contributed by atoms with Gasteiger partial charge in [0.1, 0.15) is 0 Å². The quantitative estimate of drug-likeness (QED) is 0.799. The Kier molecular flexibility index (Phi) is 3.35. The normalized spacial score (nSPS) is 22.4. The van der Waals surface area contributed by atoms with Gasteiger partial charge >= 0.3 is 0 Å². The maximum Gasteiger partial charge on any atom is 0.275 e. The lowest BCUT2D eigenvalue weighted by Crippen LogP contribution is -2.47. The number of carbonyl (C=O) groups excluding carboxylic acids is 1. The fourth-order valence-electron chi connectivity index (χ4n) is 2.51. The molecule has 0 bridgehead atoms. The Bertz CT molecular complexity index is 509. The highest BCUT2D eigenvalue weighted by Crippen LogP contribution is 2.22. The second kappa shape index (κ2) is 5.14. The SMILES string of the molecule is O=C(c1n[nH]c2c1C=CCC2)N1CCO[C@H](CO)C1. The van der Waals surface area contributed by atoms with Crippen molar-refractivity contribution in [2.24, 2.45) is 0 Å². The summed E-state index contributed by atoms with van der Waals surface area (Å²) in [4.78, 5) is 14.2. The summed E-state index contributed by atoms with van der Waals surface area (Å²) in [6.07, 6.45) is 5.61. The lowest BCUT2D eigenvalue weighted by atomic mass is 10.0. The number of morpholine rings is 1. The summed E-state index contributed by atoms with van der Waals surface area (Å²) >= 11 is 0. The zero-order valence-corrected chi connectivity index (χ0v) is 10.6. The number of hydrogen-bond donors (Lipinski definition) is 2. The second-order valence-electron chi connectivity index (χ2n) is 4.83. The van der Waals surface area contributed by atoms with Crippen LogP contribution in [0.5, 0.6) is 0 Å². The Morgan fingerprint density at radius 2 is 2.53 bits per heavy atom. The standard InChI is InChI=1S/C13H17N3O3/c17-8-9-7-16(5-6-19-9)13(18)12-10-3-1-2-4-11(10)14-15-12/h1,3,9,17H,2,4-8H2,(H,14,15)/t9-/m0/s1. The number of allylic oxidation sites excluding steroid dienone is 1. The van der Waals surface area contributed by atoms with E-state index in [4.69, 9.17) is 9.84 Å². The van der Waals surface area contributed by atoms with E-state index in [0.29, 0.717) is 25.4 Å². The molecule has 0 aromatic carbocycles. The molecule has 102 valence electrons. The van der Waals surface area contributed by atoms with E-state index in [-0.39, 0.29) is 18.6 Å². The van der Waals surface area contributed by atoms with Crippen LogP contribution in [-0.4, -0.2) is 58.5 Å². The second-order valence-corrected chi connectivity index (χ2v) is 4.83. The van der Waals surface area contributed by atoms with E-state index in [0.717, 1.165) is 24.1 Å². The molecule has 1 aromatic heterocycles. The molecule has 6 heteroatoms. The fraction of sp³-hybridized carbons (Fsp3) is 0.538. The Morgan fingerprint density at radius 3 is 3.37 bits per heavy atom. The molecule has 0 spiro atoms. The number of rotatable bonds is 2. The lowest BCUT2D eigenvalue weighted by molar-refractivity contribution is -0.0448. The van der Waals surface area contributed by atoms with Crippen molar-refractivity contribution >= 4 is 12.0 Å². The van der Waals surface area contributed by atoms with Crippen molar-refractivity contribution in [2.75, 3.05) is 26.3 Å². The first kappa shape index (κ1) is 12.4. The van der Waals surface area contributed by atoms with Gasteiger partial charge in [-0.2, -0.15) is 5.10 Å². The molecule has 0 radical (unpaired) electrons. The number of carbonyl (C=O) groups is 1. The van der Waals surface area contributed by atoms with Gasteiger partial charge in [-0.05, 0) is 12.8 Å². The van der Waals surface area contributed by atoms with Crippen LogP contribution in [-0.2, 0) is 11.2 Å². The van der Waals surface area contributed by atoms with Crippen molar-refractivity contribution in [2.45, 2.75) is 18.9 Å². The van der Waals surface area contributed by atoms with Crippen LogP contribution in [0.1, 0.15) is 28.2 Å². The highest BCUT2D eigenvalue weighted by atomic mass is 16.5. The van der Waals surface area contributed by atoms with Gasteiger partial charge in [-0.1, -0.05) is 12.2 Å². The maximum absolute atomic E-state index is 12.5. The summed E-state index contributed by atoms with van der Waals surface area (Å²) in [6.45, 7) is 1.35. The van der Waals surface area contributed by atoms with Crippen LogP contribution in [0.25, 0.3) is 6.08 Å². The van der Waals surface area contributed by atoms with Gasteiger partial charge in [-0.25, -0.2) is 0 Å². The largest absolute Gasteiger partial charge is 0.394 e. The number of nitrogens with zero attached hydrogens (tertiary/aromatic N) is 2. The summed E-state index contributed by atoms with van der Waals surface area (Å²) in [5.74, 6) is -0.0919.